The summed E-state index contributed by atoms with van der Waals surface area (Å²) in [6.07, 6.45) is 0. The van der Waals surface area contributed by atoms with Gasteiger partial charge in [-0.05, 0) is 25.0 Å². The summed E-state index contributed by atoms with van der Waals surface area (Å²) < 4.78 is 0. The molecule has 8 heteroatoms. The van der Waals surface area contributed by atoms with Crippen molar-refractivity contribution in [3.05, 3.63) is 24.3 Å². The predicted octanol–water partition coefficient (Wildman–Crippen LogP) is -2.31. The zero-order valence-corrected chi connectivity index (χ0v) is 11.6. The Kier molecular flexibility index (Phi) is 22.0. The molecule has 0 aromatic rings. The first-order valence-corrected chi connectivity index (χ1v) is 4.12. The summed E-state index contributed by atoms with van der Waals surface area (Å²) in [6, 6.07) is 0. The fraction of sp³-hybridized carbons (Fsp3) is 0.300. The van der Waals surface area contributed by atoms with Gasteiger partial charge in [0.25, 0.3) is 0 Å². The van der Waals surface area contributed by atoms with E-state index in [1.54, 1.807) is 0 Å². The third-order valence-electron chi connectivity index (χ3n) is 0.832. The van der Waals surface area contributed by atoms with Gasteiger partial charge in [-0.25, -0.2) is 4.79 Å². The Balaban J connectivity index is -0.0000000799. The van der Waals surface area contributed by atoms with E-state index in [1.165, 1.54) is 13.8 Å². The molecule has 0 rings (SSSR count). The standard InChI is InChI=1S/2C4H6O2.C2H4O3.Ti/c2*1-3(2)4(5)6;3-1-2(4)5;/h2*1H2,2H3,(H,5,6);3H,1H2,(H,4,5);/q;;;+2/p-2. The molecular weight excluding hydrogens is 280 g/mol. The van der Waals surface area contributed by atoms with Gasteiger partial charge in [-0.15, -0.1) is 0 Å². The number of aliphatic hydroxyl groups excluding tert-OH is 1. The molecule has 7 nitrogen and oxygen atoms in total. The summed E-state index contributed by atoms with van der Waals surface area (Å²) in [6.45, 7) is 8.18. The number of hydrogen-bond donors (Lipinski definition) is 2. The van der Waals surface area contributed by atoms with Crippen LogP contribution in [-0.4, -0.2) is 34.7 Å². The summed E-state index contributed by atoms with van der Waals surface area (Å²) in [5.41, 5.74) is 0.130. The van der Waals surface area contributed by atoms with Gasteiger partial charge in [-0.2, -0.15) is 0 Å². The van der Waals surface area contributed by atoms with Crippen LogP contribution in [0.3, 0.4) is 0 Å². The molecule has 0 aromatic carbocycles. The van der Waals surface area contributed by atoms with Crippen LogP contribution >= 0.6 is 0 Å². The third-order valence-corrected chi connectivity index (χ3v) is 0.832. The van der Waals surface area contributed by atoms with Crippen LogP contribution in [0.15, 0.2) is 24.3 Å². The quantitative estimate of drug-likeness (QED) is 0.440. The minimum Gasteiger partial charge on any atom is -0.545 e. The number of carbonyl (C=O) groups excluding carboxylic acids is 2. The first-order valence-electron chi connectivity index (χ1n) is 4.12. The molecule has 0 aliphatic rings. The second-order valence-corrected chi connectivity index (χ2v) is 2.69. The fourth-order valence-electron chi connectivity index (χ4n) is 0. The van der Waals surface area contributed by atoms with Gasteiger partial charge >= 0.3 is 27.7 Å². The molecule has 0 radical (unpaired) electrons. The molecular formula is C10H14O7Ti. The molecule has 100 valence electrons. The Morgan fingerprint density at radius 2 is 1.11 bits per heavy atom. The molecule has 0 bridgehead atoms. The topological polar surface area (TPSA) is 138 Å². The third kappa shape index (κ3) is 36.5. The van der Waals surface area contributed by atoms with E-state index < -0.39 is 24.5 Å². The van der Waals surface area contributed by atoms with Crippen LogP contribution < -0.4 is 10.2 Å². The first kappa shape index (κ1) is 25.4. The van der Waals surface area contributed by atoms with E-state index in [-0.39, 0.29) is 32.9 Å². The van der Waals surface area contributed by atoms with Gasteiger partial charge in [0, 0.05) is 0 Å². The Hall–Kier alpha value is -1.44. The average molecular weight is 294 g/mol. The minimum absolute atomic E-state index is 0. The number of aliphatic hydroxyl groups is 1. The SMILES string of the molecule is C=C(C)C(=O)[O-].C=C(C)C(=O)[O-].O=C(O)CO.[Ti+2]. The second kappa shape index (κ2) is 15.6. The summed E-state index contributed by atoms with van der Waals surface area (Å²) in [5, 5.41) is 34.0. The summed E-state index contributed by atoms with van der Waals surface area (Å²) in [4.78, 5) is 28.1. The number of carbonyl (C=O) groups is 3. The van der Waals surface area contributed by atoms with E-state index in [4.69, 9.17) is 15.0 Å². The summed E-state index contributed by atoms with van der Waals surface area (Å²) in [7, 11) is 0. The number of carboxylic acids is 3. The molecule has 0 aliphatic carbocycles. The largest absolute Gasteiger partial charge is 2.00 e. The molecule has 0 amide bonds. The second-order valence-electron chi connectivity index (χ2n) is 2.69. The Morgan fingerprint density at radius 1 is 1.00 bits per heavy atom. The van der Waals surface area contributed by atoms with Crippen molar-refractivity contribution >= 4 is 17.9 Å². The van der Waals surface area contributed by atoms with Gasteiger partial charge in [-0.1, -0.05) is 13.2 Å². The van der Waals surface area contributed by atoms with Crippen LogP contribution in [0.25, 0.3) is 0 Å². The van der Waals surface area contributed by atoms with Crippen molar-refractivity contribution in [2.45, 2.75) is 13.8 Å². The van der Waals surface area contributed by atoms with Crippen molar-refractivity contribution < 1.29 is 56.5 Å². The van der Waals surface area contributed by atoms with E-state index in [1.807, 2.05) is 0 Å². The zero-order valence-electron chi connectivity index (χ0n) is 10.1. The number of rotatable bonds is 3. The van der Waals surface area contributed by atoms with Crippen LogP contribution in [0.4, 0.5) is 0 Å². The van der Waals surface area contributed by atoms with Crippen molar-refractivity contribution in [1.82, 2.24) is 0 Å². The normalized spacial score (nSPS) is 7.06. The maximum Gasteiger partial charge on any atom is 2.00 e. The summed E-state index contributed by atoms with van der Waals surface area (Å²) in [5.74, 6) is -3.56. The zero-order chi connectivity index (χ0) is 14.6. The summed E-state index contributed by atoms with van der Waals surface area (Å²) >= 11 is 0. The molecule has 0 saturated heterocycles. The maximum absolute atomic E-state index is 9.49. The van der Waals surface area contributed by atoms with Gasteiger partial charge in [0.15, 0.2) is 0 Å². The molecule has 0 unspecified atom stereocenters. The minimum atomic E-state index is -1.19. The molecule has 0 aliphatic heterocycles. The van der Waals surface area contributed by atoms with Gasteiger partial charge in [-0.3, -0.25) is 0 Å². The Morgan fingerprint density at radius 3 is 1.11 bits per heavy atom. The van der Waals surface area contributed by atoms with Crippen molar-refractivity contribution in [1.29, 1.82) is 0 Å². The molecule has 0 spiro atoms. The molecule has 18 heavy (non-hydrogen) atoms. The van der Waals surface area contributed by atoms with E-state index >= 15 is 0 Å². The maximum atomic E-state index is 9.49. The van der Waals surface area contributed by atoms with E-state index in [0.29, 0.717) is 0 Å². The first-order chi connectivity index (χ1) is 7.56. The Labute approximate surface area is 119 Å². The van der Waals surface area contributed by atoms with Crippen LogP contribution in [0.2, 0.25) is 0 Å². The van der Waals surface area contributed by atoms with Crippen LogP contribution in [0.1, 0.15) is 13.8 Å². The smallest absolute Gasteiger partial charge is 0.545 e. The van der Waals surface area contributed by atoms with Gasteiger partial charge in [0.1, 0.15) is 6.61 Å². The van der Waals surface area contributed by atoms with E-state index in [2.05, 4.69) is 13.2 Å². The number of aliphatic carboxylic acids is 3. The average Bonchev–Trinajstić information content (AvgIpc) is 2.19. The molecule has 0 atom stereocenters. The van der Waals surface area contributed by atoms with Crippen molar-refractivity contribution in [3.8, 4) is 0 Å². The Bertz CT molecular complexity index is 261. The van der Waals surface area contributed by atoms with Crippen molar-refractivity contribution in [2.75, 3.05) is 6.61 Å². The van der Waals surface area contributed by atoms with E-state index in [9.17, 15) is 19.8 Å². The number of carboxylic acid groups (broad SMARTS) is 3. The van der Waals surface area contributed by atoms with Crippen LogP contribution in [0.5, 0.6) is 0 Å². The predicted molar refractivity (Wildman–Crippen MR) is 54.4 cm³/mol. The van der Waals surface area contributed by atoms with Crippen molar-refractivity contribution in [2.24, 2.45) is 0 Å². The van der Waals surface area contributed by atoms with Gasteiger partial charge in [0.2, 0.25) is 0 Å². The molecule has 2 N–H and O–H groups in total. The van der Waals surface area contributed by atoms with Crippen LogP contribution in [-0.2, 0) is 36.1 Å². The monoisotopic (exact) mass is 294 g/mol. The molecule has 0 heterocycles. The molecule has 0 saturated carbocycles. The van der Waals surface area contributed by atoms with Crippen molar-refractivity contribution in [3.63, 3.8) is 0 Å². The molecule has 0 aromatic heterocycles. The fourth-order valence-corrected chi connectivity index (χ4v) is 0. The van der Waals surface area contributed by atoms with E-state index in [0.717, 1.165) is 0 Å². The number of hydrogen-bond acceptors (Lipinski definition) is 6. The molecule has 0 fully saturated rings. The van der Waals surface area contributed by atoms with Crippen LogP contribution in [0, 0.1) is 0 Å². The van der Waals surface area contributed by atoms with Gasteiger partial charge < -0.3 is 30.0 Å². The van der Waals surface area contributed by atoms with Gasteiger partial charge in [0.05, 0.1) is 11.9 Å².